The van der Waals surface area contributed by atoms with Gasteiger partial charge in [0.25, 0.3) is 5.69 Å². The maximum absolute atomic E-state index is 11.8. The van der Waals surface area contributed by atoms with Crippen molar-refractivity contribution < 1.29 is 19.2 Å². The number of carbonyl (C=O) groups is 1. The van der Waals surface area contributed by atoms with Crippen molar-refractivity contribution in [1.82, 2.24) is 5.32 Å². The summed E-state index contributed by atoms with van der Waals surface area (Å²) in [6.45, 7) is 4.72. The third-order valence-electron chi connectivity index (χ3n) is 2.66. The van der Waals surface area contributed by atoms with Gasteiger partial charge < -0.3 is 14.8 Å². The van der Waals surface area contributed by atoms with Crippen LogP contribution in [-0.2, 0) is 9.53 Å². The number of benzene rings is 1. The lowest BCUT2D eigenvalue weighted by Crippen LogP contribution is -2.43. The van der Waals surface area contributed by atoms with E-state index in [0.29, 0.717) is 18.9 Å². The molecule has 7 heteroatoms. The van der Waals surface area contributed by atoms with E-state index in [1.807, 2.05) is 6.92 Å². The third kappa shape index (κ3) is 5.78. The van der Waals surface area contributed by atoms with Crippen LogP contribution in [0.3, 0.4) is 0 Å². The van der Waals surface area contributed by atoms with Crippen molar-refractivity contribution in [2.24, 2.45) is 0 Å². The molecule has 0 aliphatic rings. The number of nitro groups is 1. The maximum atomic E-state index is 11.8. The van der Waals surface area contributed by atoms with Gasteiger partial charge in [-0.05, 0) is 26.0 Å². The van der Waals surface area contributed by atoms with E-state index >= 15 is 0 Å². The lowest BCUT2D eigenvalue weighted by Gasteiger charge is -2.17. The molecule has 0 amide bonds. The second-order valence-electron chi connectivity index (χ2n) is 4.32. The summed E-state index contributed by atoms with van der Waals surface area (Å²) in [5.41, 5.74) is -0.0540. The molecule has 1 unspecified atom stereocenters. The van der Waals surface area contributed by atoms with E-state index in [2.05, 4.69) is 5.32 Å². The second kappa shape index (κ2) is 8.91. The summed E-state index contributed by atoms with van der Waals surface area (Å²) in [5.74, 6) is -0.0480. The second-order valence-corrected chi connectivity index (χ2v) is 4.32. The van der Waals surface area contributed by atoms with Gasteiger partial charge in [-0.3, -0.25) is 14.9 Å². The van der Waals surface area contributed by atoms with Gasteiger partial charge in [0.2, 0.25) is 0 Å². The zero-order chi connectivity index (χ0) is 15.7. The highest BCUT2D eigenvalue weighted by molar-refractivity contribution is 5.76. The average molecular weight is 296 g/mol. The van der Waals surface area contributed by atoms with Crippen molar-refractivity contribution in [3.63, 3.8) is 0 Å². The Morgan fingerprint density at radius 3 is 2.81 bits per heavy atom. The van der Waals surface area contributed by atoms with E-state index in [4.69, 9.17) is 9.47 Å². The smallest absolute Gasteiger partial charge is 0.326 e. The first-order valence-electron chi connectivity index (χ1n) is 6.85. The topological polar surface area (TPSA) is 90.7 Å². The van der Waals surface area contributed by atoms with Crippen LogP contribution in [0.25, 0.3) is 0 Å². The standard InChI is InChI=1S/C14H20N2O5/c1-3-8-15-13(14(17)20-4-2)10-21-12-7-5-6-11(9-12)16(18)19/h5-7,9,13,15H,3-4,8,10H2,1-2H3. The normalized spacial score (nSPS) is 11.7. The van der Waals surface area contributed by atoms with Gasteiger partial charge >= 0.3 is 5.97 Å². The number of hydrogen-bond donors (Lipinski definition) is 1. The Kier molecular flexibility index (Phi) is 7.17. The number of carbonyl (C=O) groups excluding carboxylic acids is 1. The zero-order valence-electron chi connectivity index (χ0n) is 12.2. The van der Waals surface area contributed by atoms with Crippen LogP contribution < -0.4 is 10.1 Å². The first kappa shape index (κ1) is 16.9. The summed E-state index contributed by atoms with van der Waals surface area (Å²) in [5, 5.41) is 13.7. The van der Waals surface area contributed by atoms with Gasteiger partial charge in [-0.15, -0.1) is 0 Å². The van der Waals surface area contributed by atoms with Gasteiger partial charge in [0.1, 0.15) is 18.4 Å². The minimum atomic E-state index is -0.593. The Balaban J connectivity index is 2.64. The molecule has 0 radical (unpaired) electrons. The van der Waals surface area contributed by atoms with E-state index < -0.39 is 16.9 Å². The molecule has 0 heterocycles. The molecule has 116 valence electrons. The number of hydrogen-bond acceptors (Lipinski definition) is 6. The Morgan fingerprint density at radius 1 is 1.43 bits per heavy atom. The quantitative estimate of drug-likeness (QED) is 0.425. The van der Waals surface area contributed by atoms with Crippen molar-refractivity contribution >= 4 is 11.7 Å². The van der Waals surface area contributed by atoms with Gasteiger partial charge in [0.15, 0.2) is 0 Å². The molecule has 21 heavy (non-hydrogen) atoms. The predicted octanol–water partition coefficient (Wildman–Crippen LogP) is 1.90. The van der Waals surface area contributed by atoms with Crippen LogP contribution in [0.15, 0.2) is 24.3 Å². The highest BCUT2D eigenvalue weighted by atomic mass is 16.6. The summed E-state index contributed by atoms with van der Waals surface area (Å²) in [6.07, 6.45) is 0.868. The molecule has 0 fully saturated rings. The summed E-state index contributed by atoms with van der Waals surface area (Å²) >= 11 is 0. The zero-order valence-corrected chi connectivity index (χ0v) is 12.2. The molecule has 0 saturated heterocycles. The molecular weight excluding hydrogens is 276 g/mol. The molecule has 0 bridgehead atoms. The first-order valence-corrected chi connectivity index (χ1v) is 6.85. The molecule has 1 rings (SSSR count). The molecule has 0 saturated carbocycles. The van der Waals surface area contributed by atoms with E-state index in [0.717, 1.165) is 6.42 Å². The summed E-state index contributed by atoms with van der Waals surface area (Å²) < 4.78 is 10.4. The maximum Gasteiger partial charge on any atom is 0.326 e. The minimum absolute atomic E-state index is 0.0540. The number of ether oxygens (including phenoxy) is 2. The molecule has 0 aromatic heterocycles. The van der Waals surface area contributed by atoms with E-state index in [1.165, 1.54) is 18.2 Å². The fraction of sp³-hybridized carbons (Fsp3) is 0.500. The van der Waals surface area contributed by atoms with Gasteiger partial charge in [-0.25, -0.2) is 0 Å². The van der Waals surface area contributed by atoms with Crippen LogP contribution >= 0.6 is 0 Å². The predicted molar refractivity (Wildman–Crippen MR) is 77.3 cm³/mol. The number of esters is 1. The Bertz CT molecular complexity index is 478. The Morgan fingerprint density at radius 2 is 2.19 bits per heavy atom. The van der Waals surface area contributed by atoms with Crippen molar-refractivity contribution in [1.29, 1.82) is 0 Å². The fourth-order valence-corrected chi connectivity index (χ4v) is 1.64. The van der Waals surface area contributed by atoms with Gasteiger partial charge in [0, 0.05) is 6.07 Å². The van der Waals surface area contributed by atoms with Crippen molar-refractivity contribution in [3.8, 4) is 5.75 Å². The summed E-state index contributed by atoms with van der Waals surface area (Å²) in [7, 11) is 0. The number of nitrogens with one attached hydrogen (secondary N) is 1. The van der Waals surface area contributed by atoms with Gasteiger partial charge in [-0.2, -0.15) is 0 Å². The van der Waals surface area contributed by atoms with Crippen LogP contribution in [0.2, 0.25) is 0 Å². The van der Waals surface area contributed by atoms with E-state index in [9.17, 15) is 14.9 Å². The number of nitrogens with zero attached hydrogens (tertiary/aromatic N) is 1. The molecule has 1 atom stereocenters. The van der Waals surface area contributed by atoms with Crippen molar-refractivity contribution in [2.45, 2.75) is 26.3 Å². The fourth-order valence-electron chi connectivity index (χ4n) is 1.64. The molecule has 0 spiro atoms. The van der Waals surface area contributed by atoms with Crippen LogP contribution in [0.1, 0.15) is 20.3 Å². The molecule has 0 aliphatic carbocycles. The van der Waals surface area contributed by atoms with Crippen LogP contribution in [0, 0.1) is 10.1 Å². The van der Waals surface area contributed by atoms with Crippen LogP contribution in [-0.4, -0.2) is 36.7 Å². The lowest BCUT2D eigenvalue weighted by atomic mass is 10.3. The molecular formula is C14H20N2O5. The third-order valence-corrected chi connectivity index (χ3v) is 2.66. The first-order chi connectivity index (χ1) is 10.1. The lowest BCUT2D eigenvalue weighted by molar-refractivity contribution is -0.384. The summed E-state index contributed by atoms with van der Waals surface area (Å²) in [6, 6.07) is 5.25. The number of non-ortho nitro benzene ring substituents is 1. The molecule has 0 aliphatic heterocycles. The molecule has 1 aromatic rings. The van der Waals surface area contributed by atoms with E-state index in [1.54, 1.807) is 13.0 Å². The highest BCUT2D eigenvalue weighted by Gasteiger charge is 2.20. The van der Waals surface area contributed by atoms with E-state index in [-0.39, 0.29) is 12.3 Å². The molecule has 7 nitrogen and oxygen atoms in total. The highest BCUT2D eigenvalue weighted by Crippen LogP contribution is 2.19. The number of rotatable bonds is 9. The number of nitro benzene ring substituents is 1. The Hall–Kier alpha value is -2.15. The minimum Gasteiger partial charge on any atom is -0.491 e. The molecule has 1 N–H and O–H groups in total. The average Bonchev–Trinajstić information content (AvgIpc) is 2.47. The van der Waals surface area contributed by atoms with Crippen molar-refractivity contribution in [3.05, 3.63) is 34.4 Å². The largest absolute Gasteiger partial charge is 0.491 e. The van der Waals surface area contributed by atoms with Gasteiger partial charge in [-0.1, -0.05) is 13.0 Å². The molecule has 1 aromatic carbocycles. The van der Waals surface area contributed by atoms with Crippen LogP contribution in [0.5, 0.6) is 5.75 Å². The van der Waals surface area contributed by atoms with Crippen molar-refractivity contribution in [2.75, 3.05) is 19.8 Å². The van der Waals surface area contributed by atoms with Crippen LogP contribution in [0.4, 0.5) is 5.69 Å². The monoisotopic (exact) mass is 296 g/mol. The van der Waals surface area contributed by atoms with Gasteiger partial charge in [0.05, 0.1) is 17.6 Å². The SMILES string of the molecule is CCCNC(COc1cccc([N+](=O)[O-])c1)C(=O)OCC. The summed E-state index contributed by atoms with van der Waals surface area (Å²) in [4.78, 5) is 22.0. The Labute approximate surface area is 123 Å².